The van der Waals surface area contributed by atoms with Crippen molar-refractivity contribution in [2.24, 2.45) is 5.14 Å². The molecule has 3 rings (SSSR count). The maximum Gasteiger partial charge on any atom is 0.238 e. The van der Waals surface area contributed by atoms with Crippen LogP contribution in [0.3, 0.4) is 0 Å². The van der Waals surface area contributed by atoms with Crippen LogP contribution >= 0.6 is 0 Å². The van der Waals surface area contributed by atoms with Gasteiger partial charge in [0, 0.05) is 0 Å². The molecule has 23 heavy (non-hydrogen) atoms. The van der Waals surface area contributed by atoms with Crippen molar-refractivity contribution in [2.45, 2.75) is 17.9 Å². The molecular weight excluding hydrogens is 310 g/mol. The fraction of sp³-hybridized carbons (Fsp3) is 0.111. The van der Waals surface area contributed by atoms with Crippen molar-refractivity contribution in [1.82, 2.24) is 0 Å². The van der Waals surface area contributed by atoms with Gasteiger partial charge in [0.2, 0.25) is 10.0 Å². The first-order valence-corrected chi connectivity index (χ1v) is 8.78. The van der Waals surface area contributed by atoms with E-state index >= 15 is 0 Å². The lowest BCUT2D eigenvalue weighted by molar-refractivity contribution is 0.282. The lowest BCUT2D eigenvalue weighted by atomic mass is 9.94. The molecule has 3 N–H and O–H groups in total. The molecule has 5 heteroatoms. The van der Waals surface area contributed by atoms with Crippen LogP contribution < -0.4 is 5.14 Å². The molecule has 4 nitrogen and oxygen atoms in total. The quantitative estimate of drug-likeness (QED) is 0.906. The van der Waals surface area contributed by atoms with Gasteiger partial charge in [0.1, 0.15) is 0 Å². The fourth-order valence-corrected chi connectivity index (χ4v) is 3.19. The predicted octanol–water partition coefficient (Wildman–Crippen LogP) is 2.70. The molecule has 0 fully saturated rings. The van der Waals surface area contributed by atoms with Crippen LogP contribution in [0.5, 0.6) is 0 Å². The molecule has 0 unspecified atom stereocenters. The van der Waals surface area contributed by atoms with Gasteiger partial charge < -0.3 is 5.11 Å². The van der Waals surface area contributed by atoms with Gasteiger partial charge >= 0.3 is 0 Å². The Morgan fingerprint density at radius 3 is 1.78 bits per heavy atom. The molecular formula is C18H17NO3S. The van der Waals surface area contributed by atoms with Gasteiger partial charge in [-0.3, -0.25) is 0 Å². The molecule has 0 saturated heterocycles. The summed E-state index contributed by atoms with van der Waals surface area (Å²) in [6, 6.07) is 14.4. The van der Waals surface area contributed by atoms with E-state index in [1.165, 1.54) is 12.1 Å². The summed E-state index contributed by atoms with van der Waals surface area (Å²) in [5, 5.41) is 14.3. The van der Waals surface area contributed by atoms with E-state index in [2.05, 4.69) is 12.2 Å². The summed E-state index contributed by atoms with van der Waals surface area (Å²) < 4.78 is 22.7. The van der Waals surface area contributed by atoms with Crippen LogP contribution in [0.1, 0.15) is 23.1 Å². The first-order chi connectivity index (χ1) is 11.0. The monoisotopic (exact) mass is 327 g/mol. The molecule has 0 bridgehead atoms. The highest BCUT2D eigenvalue weighted by atomic mass is 32.2. The standard InChI is InChI=1S/C18H17NO3S/c19-23(21,22)16-10-8-15(9-11-16)18-3-1-2-17(18)14-6-4-13(12-20)5-7-14/h2-11,20H,1,12H2,(H2,19,21,22). The summed E-state index contributed by atoms with van der Waals surface area (Å²) in [5.41, 5.74) is 5.07. The second kappa shape index (κ2) is 6.12. The Morgan fingerprint density at radius 1 is 0.870 bits per heavy atom. The summed E-state index contributed by atoms with van der Waals surface area (Å²) in [4.78, 5) is 0.109. The summed E-state index contributed by atoms with van der Waals surface area (Å²) in [6.07, 6.45) is 5.08. The number of sulfonamides is 1. The highest BCUT2D eigenvalue weighted by Gasteiger charge is 2.15. The lowest BCUT2D eigenvalue weighted by Gasteiger charge is -2.11. The highest BCUT2D eigenvalue weighted by molar-refractivity contribution is 7.89. The van der Waals surface area contributed by atoms with E-state index in [1.54, 1.807) is 12.1 Å². The van der Waals surface area contributed by atoms with Gasteiger partial charge in [0.15, 0.2) is 0 Å². The molecule has 2 aromatic rings. The Morgan fingerprint density at radius 2 is 1.35 bits per heavy atom. The minimum absolute atomic E-state index is 0.0248. The smallest absolute Gasteiger partial charge is 0.238 e. The van der Waals surface area contributed by atoms with E-state index in [1.807, 2.05) is 24.3 Å². The van der Waals surface area contributed by atoms with Gasteiger partial charge in [-0.25, -0.2) is 13.6 Å². The lowest BCUT2D eigenvalue weighted by Crippen LogP contribution is -2.11. The maximum absolute atomic E-state index is 11.3. The summed E-state index contributed by atoms with van der Waals surface area (Å²) >= 11 is 0. The van der Waals surface area contributed by atoms with Crippen LogP contribution in [-0.4, -0.2) is 13.5 Å². The average molecular weight is 327 g/mol. The normalized spacial score (nSPS) is 14.5. The topological polar surface area (TPSA) is 80.4 Å². The third-order valence-electron chi connectivity index (χ3n) is 3.88. The minimum atomic E-state index is -3.67. The van der Waals surface area contributed by atoms with Gasteiger partial charge in [0.25, 0.3) is 0 Å². The van der Waals surface area contributed by atoms with Crippen LogP contribution in [0, 0.1) is 0 Å². The van der Waals surface area contributed by atoms with E-state index in [-0.39, 0.29) is 11.5 Å². The van der Waals surface area contributed by atoms with Gasteiger partial charge in [-0.1, -0.05) is 48.6 Å². The zero-order valence-electron chi connectivity index (χ0n) is 12.4. The number of primary sulfonamides is 1. The molecule has 1 aliphatic carbocycles. The summed E-state index contributed by atoms with van der Waals surface area (Å²) in [6.45, 7) is 0.0248. The fourth-order valence-electron chi connectivity index (χ4n) is 2.68. The summed E-state index contributed by atoms with van der Waals surface area (Å²) in [7, 11) is -3.67. The molecule has 0 saturated carbocycles. The Labute approximate surface area is 135 Å². The molecule has 1 aliphatic rings. The Kier molecular flexibility index (Phi) is 4.17. The summed E-state index contributed by atoms with van der Waals surface area (Å²) in [5.74, 6) is 0. The highest BCUT2D eigenvalue weighted by Crippen LogP contribution is 2.36. The number of allylic oxidation sites excluding steroid dienone is 4. The van der Waals surface area contributed by atoms with Crippen molar-refractivity contribution >= 4 is 21.2 Å². The van der Waals surface area contributed by atoms with Crippen LogP contribution in [0.2, 0.25) is 0 Å². The number of aliphatic hydroxyl groups excluding tert-OH is 1. The van der Waals surface area contributed by atoms with Crippen LogP contribution in [0.25, 0.3) is 11.1 Å². The zero-order valence-corrected chi connectivity index (χ0v) is 13.3. The number of benzene rings is 2. The molecule has 118 valence electrons. The van der Waals surface area contributed by atoms with Crippen molar-refractivity contribution < 1.29 is 13.5 Å². The second-order valence-electron chi connectivity index (χ2n) is 5.40. The average Bonchev–Trinajstić information content (AvgIpc) is 3.04. The molecule has 0 aliphatic heterocycles. The SMILES string of the molecule is NS(=O)(=O)c1ccc(C2=CCC=C2c2ccc(CO)cc2)cc1. The number of aliphatic hydroxyl groups is 1. The molecule has 0 atom stereocenters. The largest absolute Gasteiger partial charge is 0.392 e. The van der Waals surface area contributed by atoms with Crippen molar-refractivity contribution in [3.8, 4) is 0 Å². The van der Waals surface area contributed by atoms with E-state index in [0.717, 1.165) is 34.3 Å². The number of rotatable bonds is 4. The molecule has 0 radical (unpaired) electrons. The van der Waals surface area contributed by atoms with Crippen molar-refractivity contribution in [1.29, 1.82) is 0 Å². The second-order valence-corrected chi connectivity index (χ2v) is 6.96. The van der Waals surface area contributed by atoms with E-state index in [4.69, 9.17) is 10.2 Å². The first kappa shape index (κ1) is 15.7. The van der Waals surface area contributed by atoms with Gasteiger partial charge in [-0.05, 0) is 46.4 Å². The van der Waals surface area contributed by atoms with Crippen molar-refractivity contribution in [2.75, 3.05) is 0 Å². The minimum Gasteiger partial charge on any atom is -0.392 e. The molecule has 0 aromatic heterocycles. The third-order valence-corrected chi connectivity index (χ3v) is 4.80. The number of hydrogen-bond donors (Lipinski definition) is 2. The molecule has 0 heterocycles. The first-order valence-electron chi connectivity index (χ1n) is 7.23. The maximum atomic E-state index is 11.3. The van der Waals surface area contributed by atoms with Crippen LogP contribution in [0.15, 0.2) is 65.6 Å². The Bertz CT molecular complexity index is 877. The number of hydrogen-bond acceptors (Lipinski definition) is 3. The van der Waals surface area contributed by atoms with Gasteiger partial charge in [-0.15, -0.1) is 0 Å². The molecule has 2 aromatic carbocycles. The van der Waals surface area contributed by atoms with Crippen molar-refractivity contribution in [3.05, 3.63) is 77.4 Å². The Hall–Kier alpha value is -2.21. The van der Waals surface area contributed by atoms with E-state index in [0.29, 0.717) is 0 Å². The van der Waals surface area contributed by atoms with E-state index < -0.39 is 10.0 Å². The number of nitrogens with two attached hydrogens (primary N) is 1. The molecule has 0 amide bonds. The third kappa shape index (κ3) is 3.27. The Balaban J connectivity index is 1.92. The van der Waals surface area contributed by atoms with Crippen LogP contribution in [-0.2, 0) is 16.6 Å². The zero-order chi connectivity index (χ0) is 16.4. The van der Waals surface area contributed by atoms with Gasteiger partial charge in [-0.2, -0.15) is 0 Å². The van der Waals surface area contributed by atoms with Crippen molar-refractivity contribution in [3.63, 3.8) is 0 Å². The molecule has 0 spiro atoms. The van der Waals surface area contributed by atoms with E-state index in [9.17, 15) is 8.42 Å². The predicted molar refractivity (Wildman–Crippen MR) is 90.8 cm³/mol. The van der Waals surface area contributed by atoms with Crippen LogP contribution in [0.4, 0.5) is 0 Å². The van der Waals surface area contributed by atoms with Gasteiger partial charge in [0.05, 0.1) is 11.5 Å².